The van der Waals surface area contributed by atoms with Crippen molar-refractivity contribution in [1.29, 1.82) is 0 Å². The van der Waals surface area contributed by atoms with Gasteiger partial charge < -0.3 is 5.11 Å². The summed E-state index contributed by atoms with van der Waals surface area (Å²) in [6.07, 6.45) is 13.2. The summed E-state index contributed by atoms with van der Waals surface area (Å²) in [4.78, 5) is 0. The van der Waals surface area contributed by atoms with Gasteiger partial charge in [-0.1, -0.05) is 25.3 Å². The number of hydrogen-bond donors (Lipinski definition) is 1. The van der Waals surface area contributed by atoms with Crippen molar-refractivity contribution in [1.82, 2.24) is 0 Å². The van der Waals surface area contributed by atoms with Gasteiger partial charge in [0.05, 0.1) is 0 Å². The highest BCUT2D eigenvalue weighted by Gasteiger charge is 2.25. The van der Waals surface area contributed by atoms with Crippen molar-refractivity contribution in [2.75, 3.05) is 0 Å². The first kappa shape index (κ1) is 9.35. The fourth-order valence-corrected chi connectivity index (χ4v) is 1.61. The minimum atomic E-state index is -0.954. The third-order valence-corrected chi connectivity index (χ3v) is 2.45. The van der Waals surface area contributed by atoms with Crippen LogP contribution in [0.1, 0.15) is 32.6 Å². The zero-order valence-electron chi connectivity index (χ0n) is 7.59. The molecule has 0 aromatic carbocycles. The van der Waals surface area contributed by atoms with Crippen molar-refractivity contribution in [3.63, 3.8) is 0 Å². The standard InChI is InChI=1S/C11H16O/c1-3-5-10-6-8-11(12,4-2)9-7-10/h2,6,8,10,12H,3,5,7,9H2,1H3. The van der Waals surface area contributed by atoms with E-state index >= 15 is 0 Å². The van der Waals surface area contributed by atoms with E-state index in [0.717, 1.165) is 6.42 Å². The number of aliphatic hydroxyl groups is 1. The molecule has 1 aliphatic carbocycles. The molecule has 1 rings (SSSR count). The first-order valence-corrected chi connectivity index (χ1v) is 4.59. The molecule has 0 bridgehead atoms. The minimum Gasteiger partial charge on any atom is -0.374 e. The maximum absolute atomic E-state index is 9.64. The van der Waals surface area contributed by atoms with E-state index in [4.69, 9.17) is 6.42 Å². The van der Waals surface area contributed by atoms with Crippen LogP contribution in [-0.2, 0) is 0 Å². The van der Waals surface area contributed by atoms with Crippen LogP contribution < -0.4 is 0 Å². The predicted octanol–water partition coefficient (Wildman–Crippen LogP) is 2.12. The lowest BCUT2D eigenvalue weighted by Gasteiger charge is -2.26. The number of terminal acetylenes is 1. The van der Waals surface area contributed by atoms with Crippen LogP contribution in [0.2, 0.25) is 0 Å². The Bertz CT molecular complexity index is 212. The van der Waals surface area contributed by atoms with Gasteiger partial charge in [-0.3, -0.25) is 0 Å². The summed E-state index contributed by atoms with van der Waals surface area (Å²) >= 11 is 0. The summed E-state index contributed by atoms with van der Waals surface area (Å²) in [6, 6.07) is 0. The topological polar surface area (TPSA) is 20.2 Å². The van der Waals surface area contributed by atoms with Crippen molar-refractivity contribution in [2.24, 2.45) is 5.92 Å². The van der Waals surface area contributed by atoms with Crippen LogP contribution in [0, 0.1) is 18.3 Å². The molecule has 0 heterocycles. The Labute approximate surface area is 74.5 Å². The van der Waals surface area contributed by atoms with Crippen LogP contribution in [0.15, 0.2) is 12.2 Å². The van der Waals surface area contributed by atoms with Crippen LogP contribution in [0.25, 0.3) is 0 Å². The lowest BCUT2D eigenvalue weighted by Crippen LogP contribution is -2.27. The third kappa shape index (κ3) is 2.12. The van der Waals surface area contributed by atoms with Gasteiger partial charge in [0.15, 0.2) is 0 Å². The fraction of sp³-hybridized carbons (Fsp3) is 0.636. The lowest BCUT2D eigenvalue weighted by molar-refractivity contribution is 0.126. The van der Waals surface area contributed by atoms with E-state index < -0.39 is 5.60 Å². The van der Waals surface area contributed by atoms with Gasteiger partial charge >= 0.3 is 0 Å². The molecule has 0 saturated carbocycles. The van der Waals surface area contributed by atoms with Gasteiger partial charge in [-0.05, 0) is 31.3 Å². The summed E-state index contributed by atoms with van der Waals surface area (Å²) in [6.45, 7) is 2.18. The molecule has 12 heavy (non-hydrogen) atoms. The van der Waals surface area contributed by atoms with E-state index in [1.165, 1.54) is 12.8 Å². The maximum Gasteiger partial charge on any atom is 0.143 e. The minimum absolute atomic E-state index is 0.628. The zero-order valence-corrected chi connectivity index (χ0v) is 7.59. The second kappa shape index (κ2) is 3.78. The van der Waals surface area contributed by atoms with Gasteiger partial charge in [0.2, 0.25) is 0 Å². The molecule has 0 spiro atoms. The van der Waals surface area contributed by atoms with Gasteiger partial charge in [0.1, 0.15) is 5.60 Å². The monoisotopic (exact) mass is 164 g/mol. The van der Waals surface area contributed by atoms with Crippen LogP contribution in [0.4, 0.5) is 0 Å². The molecule has 2 unspecified atom stereocenters. The van der Waals surface area contributed by atoms with Crippen molar-refractivity contribution in [3.8, 4) is 12.3 Å². The van der Waals surface area contributed by atoms with Crippen LogP contribution in [0.3, 0.4) is 0 Å². The average molecular weight is 164 g/mol. The van der Waals surface area contributed by atoms with Gasteiger partial charge in [0.25, 0.3) is 0 Å². The molecule has 1 heteroatoms. The summed E-state index contributed by atoms with van der Waals surface area (Å²) < 4.78 is 0. The summed E-state index contributed by atoms with van der Waals surface area (Å²) in [5.41, 5.74) is -0.954. The van der Waals surface area contributed by atoms with Crippen LogP contribution in [-0.4, -0.2) is 10.7 Å². The normalized spacial score (nSPS) is 34.6. The predicted molar refractivity (Wildman–Crippen MR) is 50.6 cm³/mol. The number of allylic oxidation sites excluding steroid dienone is 1. The second-order valence-corrected chi connectivity index (χ2v) is 3.52. The highest BCUT2D eigenvalue weighted by molar-refractivity contribution is 5.21. The highest BCUT2D eigenvalue weighted by Crippen LogP contribution is 2.27. The summed E-state index contributed by atoms with van der Waals surface area (Å²) in [7, 11) is 0. The molecular formula is C11H16O. The van der Waals surface area contributed by atoms with Gasteiger partial charge in [-0.2, -0.15) is 0 Å². The first-order chi connectivity index (χ1) is 5.70. The molecule has 1 N–H and O–H groups in total. The molecule has 1 nitrogen and oxygen atoms in total. The Morgan fingerprint density at radius 2 is 2.50 bits per heavy atom. The Morgan fingerprint density at radius 3 is 2.92 bits per heavy atom. The number of hydrogen-bond acceptors (Lipinski definition) is 1. The van der Waals surface area contributed by atoms with Crippen molar-refractivity contribution in [3.05, 3.63) is 12.2 Å². The van der Waals surface area contributed by atoms with E-state index in [9.17, 15) is 5.11 Å². The van der Waals surface area contributed by atoms with E-state index in [0.29, 0.717) is 12.3 Å². The van der Waals surface area contributed by atoms with Gasteiger partial charge in [0, 0.05) is 0 Å². The molecule has 0 amide bonds. The zero-order chi connectivity index (χ0) is 9.03. The number of rotatable bonds is 2. The molecule has 0 saturated heterocycles. The first-order valence-electron chi connectivity index (χ1n) is 4.59. The molecule has 0 fully saturated rings. The molecule has 0 aromatic rings. The molecule has 2 atom stereocenters. The van der Waals surface area contributed by atoms with Crippen molar-refractivity contribution >= 4 is 0 Å². The molecular weight excluding hydrogens is 148 g/mol. The smallest absolute Gasteiger partial charge is 0.143 e. The average Bonchev–Trinajstić information content (AvgIpc) is 2.10. The van der Waals surface area contributed by atoms with Gasteiger partial charge in [-0.25, -0.2) is 0 Å². The SMILES string of the molecule is C#CC1(O)C=CC(CCC)CC1. The maximum atomic E-state index is 9.64. The van der Waals surface area contributed by atoms with Crippen LogP contribution >= 0.6 is 0 Å². The van der Waals surface area contributed by atoms with E-state index in [1.807, 2.05) is 0 Å². The second-order valence-electron chi connectivity index (χ2n) is 3.52. The van der Waals surface area contributed by atoms with Gasteiger partial charge in [-0.15, -0.1) is 6.42 Å². The Hall–Kier alpha value is -0.740. The van der Waals surface area contributed by atoms with Crippen molar-refractivity contribution in [2.45, 2.75) is 38.2 Å². The van der Waals surface area contributed by atoms with E-state index in [-0.39, 0.29) is 0 Å². The van der Waals surface area contributed by atoms with Crippen LogP contribution in [0.5, 0.6) is 0 Å². The Morgan fingerprint density at radius 1 is 1.75 bits per heavy atom. The van der Waals surface area contributed by atoms with Crippen molar-refractivity contribution < 1.29 is 5.11 Å². The Balaban J connectivity index is 2.54. The van der Waals surface area contributed by atoms with E-state index in [1.54, 1.807) is 6.08 Å². The fourth-order valence-electron chi connectivity index (χ4n) is 1.61. The largest absolute Gasteiger partial charge is 0.374 e. The molecule has 66 valence electrons. The highest BCUT2D eigenvalue weighted by atomic mass is 16.3. The molecule has 0 radical (unpaired) electrons. The summed E-state index contributed by atoms with van der Waals surface area (Å²) in [5.74, 6) is 3.04. The lowest BCUT2D eigenvalue weighted by atomic mass is 9.84. The molecule has 1 aliphatic rings. The van der Waals surface area contributed by atoms with E-state index in [2.05, 4.69) is 18.9 Å². The quantitative estimate of drug-likeness (QED) is 0.489. The Kier molecular flexibility index (Phi) is 2.94. The molecule has 0 aliphatic heterocycles. The third-order valence-electron chi connectivity index (χ3n) is 2.45. The molecule has 0 aromatic heterocycles. The summed E-state index contributed by atoms with van der Waals surface area (Å²) in [5, 5.41) is 9.64.